The van der Waals surface area contributed by atoms with Crippen molar-refractivity contribution < 1.29 is 19.2 Å². The fourth-order valence-electron chi connectivity index (χ4n) is 6.55. The van der Waals surface area contributed by atoms with Gasteiger partial charge in [0, 0.05) is 53.3 Å². The summed E-state index contributed by atoms with van der Waals surface area (Å²) in [5.41, 5.74) is 1.38. The van der Waals surface area contributed by atoms with Crippen molar-refractivity contribution in [3.8, 4) is 5.75 Å². The van der Waals surface area contributed by atoms with Gasteiger partial charge in [0.05, 0.1) is 18.0 Å². The summed E-state index contributed by atoms with van der Waals surface area (Å²) in [7, 11) is 1.57. The van der Waals surface area contributed by atoms with E-state index in [2.05, 4.69) is 15.2 Å². The number of Topliss-reactive ketones (excluding diaryl/α,β-unsaturated/α-hetero) is 1. The minimum atomic E-state index is -1.23. The second-order valence-corrected chi connectivity index (χ2v) is 9.49. The van der Waals surface area contributed by atoms with Gasteiger partial charge in [-0.1, -0.05) is 12.1 Å². The third kappa shape index (κ3) is 3.02. The largest absolute Gasteiger partial charge is 0.497 e. The maximum absolute atomic E-state index is 14.3. The van der Waals surface area contributed by atoms with Gasteiger partial charge in [0.1, 0.15) is 11.3 Å². The van der Waals surface area contributed by atoms with Crippen LogP contribution in [0, 0.1) is 16.0 Å². The first kappa shape index (κ1) is 22.4. The van der Waals surface area contributed by atoms with Crippen molar-refractivity contribution in [1.29, 1.82) is 0 Å². The van der Waals surface area contributed by atoms with Crippen molar-refractivity contribution in [3.05, 3.63) is 93.8 Å². The van der Waals surface area contributed by atoms with Gasteiger partial charge >= 0.3 is 0 Å². The zero-order chi connectivity index (χ0) is 25.0. The van der Waals surface area contributed by atoms with E-state index in [1.807, 2.05) is 12.1 Å². The van der Waals surface area contributed by atoms with Crippen LogP contribution in [0.15, 0.2) is 67.0 Å². The topological polar surface area (TPSA) is 115 Å². The first-order chi connectivity index (χ1) is 17.5. The SMILES string of the molecule is COc1ccc2c(c1)[C@]1(C(=O)N2)[C@H](C(=O)c2cccnc2)[C@H](c2ccc([N+](=O)[O-])cc2)[C@H]2CCCN21. The Hall–Kier alpha value is -4.11. The molecular weight excluding hydrogens is 460 g/mol. The molecule has 1 amide bonds. The molecule has 1 spiro atoms. The number of nitrogens with zero attached hydrogens (tertiary/aromatic N) is 3. The highest BCUT2D eigenvalue weighted by atomic mass is 16.6. The Morgan fingerprint density at radius 2 is 2.03 bits per heavy atom. The van der Waals surface area contributed by atoms with Crippen LogP contribution in [0.4, 0.5) is 11.4 Å². The van der Waals surface area contributed by atoms with Crippen molar-refractivity contribution >= 4 is 23.1 Å². The predicted octanol–water partition coefficient (Wildman–Crippen LogP) is 3.91. The van der Waals surface area contributed by atoms with Crippen LogP contribution in [0.1, 0.15) is 40.2 Å². The summed E-state index contributed by atoms with van der Waals surface area (Å²) in [5, 5.41) is 14.3. The highest BCUT2D eigenvalue weighted by Gasteiger charge is 2.69. The van der Waals surface area contributed by atoms with E-state index < -0.39 is 16.4 Å². The summed E-state index contributed by atoms with van der Waals surface area (Å²) in [5.74, 6) is -0.909. The molecule has 2 fully saturated rings. The van der Waals surface area contributed by atoms with Gasteiger partial charge in [-0.15, -0.1) is 0 Å². The van der Waals surface area contributed by atoms with E-state index in [0.717, 1.165) is 24.0 Å². The van der Waals surface area contributed by atoms with Crippen LogP contribution in [-0.2, 0) is 10.3 Å². The van der Waals surface area contributed by atoms with E-state index in [-0.39, 0.29) is 29.3 Å². The van der Waals surface area contributed by atoms with Gasteiger partial charge in [-0.3, -0.25) is 29.6 Å². The normalized spacial score (nSPS) is 26.5. The van der Waals surface area contributed by atoms with E-state index in [9.17, 15) is 19.7 Å². The van der Waals surface area contributed by atoms with E-state index >= 15 is 0 Å². The molecule has 0 saturated carbocycles. The van der Waals surface area contributed by atoms with Crippen LogP contribution in [0.2, 0.25) is 0 Å². The third-order valence-corrected chi connectivity index (χ3v) is 7.93. The van der Waals surface area contributed by atoms with Crippen LogP contribution < -0.4 is 10.1 Å². The molecule has 3 aliphatic heterocycles. The third-order valence-electron chi connectivity index (χ3n) is 7.93. The number of ether oxygens (including phenoxy) is 1. The molecule has 3 aromatic rings. The lowest BCUT2D eigenvalue weighted by Gasteiger charge is -2.37. The van der Waals surface area contributed by atoms with Crippen LogP contribution in [-0.4, -0.2) is 46.2 Å². The lowest BCUT2D eigenvalue weighted by atomic mass is 9.69. The zero-order valence-electron chi connectivity index (χ0n) is 19.6. The number of benzene rings is 2. The van der Waals surface area contributed by atoms with Crippen molar-refractivity contribution in [2.75, 3.05) is 19.0 Å². The summed E-state index contributed by atoms with van der Waals surface area (Å²) in [6, 6.07) is 15.2. The first-order valence-corrected chi connectivity index (χ1v) is 11.9. The number of non-ortho nitro benzene ring substituents is 1. The molecule has 0 unspecified atom stereocenters. The highest BCUT2D eigenvalue weighted by molar-refractivity contribution is 6.12. The Bertz CT molecular complexity index is 1380. The number of nitro benzene ring substituents is 1. The average molecular weight is 485 g/mol. The summed E-state index contributed by atoms with van der Waals surface area (Å²) >= 11 is 0. The molecule has 1 aromatic heterocycles. The molecule has 0 aliphatic carbocycles. The summed E-state index contributed by atoms with van der Waals surface area (Å²) in [6.45, 7) is 0.662. The van der Waals surface area contributed by atoms with Crippen molar-refractivity contribution in [1.82, 2.24) is 9.88 Å². The Morgan fingerprint density at radius 3 is 2.72 bits per heavy atom. The van der Waals surface area contributed by atoms with Gasteiger partial charge < -0.3 is 10.1 Å². The molecule has 4 atom stereocenters. The Morgan fingerprint density at radius 1 is 1.22 bits per heavy atom. The van der Waals surface area contributed by atoms with E-state index in [0.29, 0.717) is 23.5 Å². The molecular formula is C27H24N4O5. The molecule has 0 radical (unpaired) electrons. The van der Waals surface area contributed by atoms with Gasteiger partial charge in [-0.05, 0) is 55.3 Å². The van der Waals surface area contributed by atoms with Gasteiger partial charge in [0.25, 0.3) is 5.69 Å². The number of carbonyl (C=O) groups excluding carboxylic acids is 2. The number of ketones is 1. The number of methoxy groups -OCH3 is 1. The number of nitro groups is 1. The summed E-state index contributed by atoms with van der Waals surface area (Å²) < 4.78 is 5.50. The zero-order valence-corrected chi connectivity index (χ0v) is 19.6. The summed E-state index contributed by atoms with van der Waals surface area (Å²) in [4.78, 5) is 45.5. The Labute approximate surface area is 207 Å². The van der Waals surface area contributed by atoms with Crippen molar-refractivity contribution in [2.45, 2.75) is 30.3 Å². The van der Waals surface area contributed by atoms with Gasteiger partial charge in [0.2, 0.25) is 5.91 Å². The average Bonchev–Trinajstić information content (AvgIpc) is 3.57. The van der Waals surface area contributed by atoms with Gasteiger partial charge in [-0.25, -0.2) is 0 Å². The number of hydrogen-bond acceptors (Lipinski definition) is 7. The van der Waals surface area contributed by atoms with Crippen molar-refractivity contribution in [2.24, 2.45) is 5.92 Å². The number of rotatable bonds is 5. The van der Waals surface area contributed by atoms with Crippen LogP contribution in [0.5, 0.6) is 5.75 Å². The number of aromatic nitrogens is 1. The first-order valence-electron chi connectivity index (χ1n) is 11.9. The van der Waals surface area contributed by atoms with E-state index in [1.54, 1.807) is 43.6 Å². The molecule has 1 N–H and O–H groups in total. The number of pyridine rings is 1. The van der Waals surface area contributed by atoms with E-state index in [1.165, 1.54) is 18.3 Å². The molecule has 2 aromatic carbocycles. The predicted molar refractivity (Wildman–Crippen MR) is 131 cm³/mol. The molecule has 3 aliphatic rings. The number of anilines is 1. The minimum Gasteiger partial charge on any atom is -0.497 e. The number of amides is 1. The van der Waals surface area contributed by atoms with Crippen LogP contribution in [0.3, 0.4) is 0 Å². The molecule has 182 valence electrons. The number of nitrogens with one attached hydrogen (secondary N) is 1. The summed E-state index contributed by atoms with van der Waals surface area (Å²) in [6.07, 6.45) is 4.84. The second kappa shape index (κ2) is 8.23. The minimum absolute atomic E-state index is 0.0152. The molecule has 9 nitrogen and oxygen atoms in total. The van der Waals surface area contributed by atoms with Gasteiger partial charge in [0.15, 0.2) is 5.78 Å². The molecule has 9 heteroatoms. The lowest BCUT2D eigenvalue weighted by Crippen LogP contribution is -2.52. The highest BCUT2D eigenvalue weighted by Crippen LogP contribution is 2.61. The van der Waals surface area contributed by atoms with Crippen molar-refractivity contribution in [3.63, 3.8) is 0 Å². The smallest absolute Gasteiger partial charge is 0.269 e. The Kier molecular flexibility index (Phi) is 5.11. The molecule has 2 saturated heterocycles. The van der Waals surface area contributed by atoms with Crippen LogP contribution >= 0.6 is 0 Å². The quantitative estimate of drug-likeness (QED) is 0.332. The van der Waals surface area contributed by atoms with Gasteiger partial charge in [-0.2, -0.15) is 0 Å². The molecule has 0 bridgehead atoms. The lowest BCUT2D eigenvalue weighted by molar-refractivity contribution is -0.384. The standard InChI is InChI=1S/C27H24N4O5/c1-36-19-10-11-21-20(14-19)27(26(33)29-21)24(25(32)17-4-2-12-28-15-17)23(22-5-3-13-30(22)27)16-6-8-18(9-7-16)31(34)35/h2,4,6-12,14-15,22-24H,3,5,13H2,1H3,(H,29,33)/t22-,23-,24+,27-/m1/s1. The molecule has 36 heavy (non-hydrogen) atoms. The Balaban J connectivity index is 1.60. The fourth-order valence-corrected chi connectivity index (χ4v) is 6.55. The van der Waals surface area contributed by atoms with Crippen LogP contribution in [0.25, 0.3) is 0 Å². The molecule has 6 rings (SSSR count). The maximum Gasteiger partial charge on any atom is 0.269 e. The molecule has 4 heterocycles. The fraction of sp³-hybridized carbons (Fsp3) is 0.296. The van der Waals surface area contributed by atoms with E-state index in [4.69, 9.17) is 4.74 Å². The number of carbonyl (C=O) groups is 2. The number of fused-ring (bicyclic) bond motifs is 4. The number of hydrogen-bond donors (Lipinski definition) is 1. The monoisotopic (exact) mass is 484 g/mol. The second-order valence-electron chi connectivity index (χ2n) is 9.49. The maximum atomic E-state index is 14.3.